The minimum Gasteiger partial charge on any atom is -0.510 e. The lowest BCUT2D eigenvalue weighted by atomic mass is 9.84. The highest BCUT2D eigenvalue weighted by Gasteiger charge is 2.49. The van der Waals surface area contributed by atoms with Crippen LogP contribution in [0.25, 0.3) is 0 Å². The van der Waals surface area contributed by atoms with Crippen LogP contribution in [-0.4, -0.2) is 87.0 Å². The number of Topliss-reactive ketones (excluding diaryl/α,β-unsaturated/α-hetero) is 1. The number of fused-ring (bicyclic) bond motifs is 1. The Kier molecular flexibility index (Phi) is 6.49. The van der Waals surface area contributed by atoms with Gasteiger partial charge in [0, 0.05) is 38.4 Å². The first kappa shape index (κ1) is 25.1. The number of nitriles is 1. The number of aliphatic hydroxyl groups is 1. The van der Waals surface area contributed by atoms with Gasteiger partial charge in [0.05, 0.1) is 5.69 Å². The van der Waals surface area contributed by atoms with Crippen LogP contribution < -0.4 is 10.6 Å². The number of carbonyl (C=O) groups is 3. The molecule has 0 aliphatic carbocycles. The second-order valence-corrected chi connectivity index (χ2v) is 8.17. The molecule has 3 heterocycles. The van der Waals surface area contributed by atoms with Crippen molar-refractivity contribution in [3.63, 3.8) is 0 Å². The van der Waals surface area contributed by atoms with E-state index in [0.717, 1.165) is 23.2 Å². The summed E-state index contributed by atoms with van der Waals surface area (Å²) in [5.74, 6) is -9.44. The van der Waals surface area contributed by atoms with Crippen molar-refractivity contribution in [1.82, 2.24) is 9.80 Å². The first-order valence-corrected chi connectivity index (χ1v) is 10.7. The maximum atomic E-state index is 14.7. The molecule has 5 N–H and O–H groups in total. The molecule has 1 aromatic rings. The van der Waals surface area contributed by atoms with E-state index in [9.17, 15) is 38.5 Å². The number of piperazine rings is 1. The zero-order valence-corrected chi connectivity index (χ0v) is 18.9. The Morgan fingerprint density at radius 3 is 2.41 bits per heavy atom. The number of aliphatic carboxylic acids is 2. The van der Waals surface area contributed by atoms with Gasteiger partial charge in [0.1, 0.15) is 46.5 Å². The fraction of sp³-hybridized carbons (Fsp3) is 0.273. The van der Waals surface area contributed by atoms with E-state index >= 15 is 0 Å². The second kappa shape index (κ2) is 9.57. The van der Waals surface area contributed by atoms with Crippen LogP contribution >= 0.6 is 0 Å². The normalized spacial score (nSPS) is 22.2. The predicted molar refractivity (Wildman–Crippen MR) is 122 cm³/mol. The number of hydrogen-bond donors (Lipinski definition) is 4. The maximum absolute atomic E-state index is 14.7. The van der Waals surface area contributed by atoms with E-state index in [2.05, 4.69) is 9.98 Å². The summed E-state index contributed by atoms with van der Waals surface area (Å²) in [5.41, 5.74) is 3.82. The second-order valence-electron chi connectivity index (χ2n) is 8.17. The van der Waals surface area contributed by atoms with Gasteiger partial charge in [0.15, 0.2) is 5.78 Å². The van der Waals surface area contributed by atoms with Gasteiger partial charge >= 0.3 is 11.9 Å². The van der Waals surface area contributed by atoms with E-state index in [-0.39, 0.29) is 43.7 Å². The highest BCUT2D eigenvalue weighted by Crippen LogP contribution is 2.38. The lowest BCUT2D eigenvalue weighted by molar-refractivity contribution is -0.135. The average Bonchev–Trinajstić information content (AvgIpc) is 2.84. The molecule has 3 aliphatic heterocycles. The van der Waals surface area contributed by atoms with Gasteiger partial charge in [0.25, 0.3) is 0 Å². The smallest absolute Gasteiger partial charge is 0.342 e. The standard InChI is InChI=1S/C22H19F2N7O6/c23-10-1-2-13(12(24)7-10)31-8-11(20(34)35)16(32)14-17(33)15(21(36)37)18(28-19(14)31)29-3-5-30(6-4-29)22(26)27-9-25/h1-2,7-8,14,19,33H,3-6H2,(H2,26,27)(H,34,35)(H,36,37). The fourth-order valence-electron chi connectivity index (χ4n) is 4.38. The molecular weight excluding hydrogens is 496 g/mol. The van der Waals surface area contributed by atoms with Crippen LogP contribution in [0, 0.1) is 29.0 Å². The Morgan fingerprint density at radius 2 is 1.84 bits per heavy atom. The van der Waals surface area contributed by atoms with E-state index in [4.69, 9.17) is 11.0 Å². The topological polar surface area (TPSA) is 196 Å². The molecule has 0 bridgehead atoms. The zero-order chi connectivity index (χ0) is 27.0. The Bertz CT molecular complexity index is 1360. The number of aliphatic imine (C=N–C) groups is 2. The number of carbonyl (C=O) groups excluding carboxylic acids is 1. The fourth-order valence-corrected chi connectivity index (χ4v) is 4.38. The number of guanidine groups is 1. The molecule has 15 heteroatoms. The molecule has 1 aromatic carbocycles. The molecule has 1 saturated heterocycles. The lowest BCUT2D eigenvalue weighted by Gasteiger charge is -2.42. The SMILES string of the molecule is N#CN=C(N)N1CCN(C2=NC3C(C(=O)C(C(=O)O)=CN3c3ccc(F)cc3F)C(O)=C2C(=O)O)CC1. The van der Waals surface area contributed by atoms with E-state index < -0.39 is 58.3 Å². The molecule has 0 saturated carbocycles. The first-order valence-electron chi connectivity index (χ1n) is 10.7. The van der Waals surface area contributed by atoms with Gasteiger partial charge in [0.2, 0.25) is 12.2 Å². The van der Waals surface area contributed by atoms with Gasteiger partial charge in [-0.15, -0.1) is 4.99 Å². The summed E-state index contributed by atoms with van der Waals surface area (Å²) < 4.78 is 28.3. The lowest BCUT2D eigenvalue weighted by Crippen LogP contribution is -2.56. The molecule has 2 atom stereocenters. The summed E-state index contributed by atoms with van der Waals surface area (Å²) in [6.45, 7) is 0.653. The van der Waals surface area contributed by atoms with E-state index in [0.29, 0.717) is 6.07 Å². The van der Waals surface area contributed by atoms with E-state index in [1.807, 2.05) is 0 Å². The molecule has 0 radical (unpaired) electrons. The Balaban J connectivity index is 1.82. The summed E-state index contributed by atoms with van der Waals surface area (Å²) in [6.07, 6.45) is 0.913. The van der Waals surface area contributed by atoms with Crippen molar-refractivity contribution in [2.75, 3.05) is 31.1 Å². The van der Waals surface area contributed by atoms with Crippen LogP contribution in [0.4, 0.5) is 14.5 Å². The number of aliphatic hydroxyl groups excluding tert-OH is 1. The number of anilines is 1. The molecule has 1 fully saturated rings. The number of amidine groups is 1. The third kappa shape index (κ3) is 4.40. The van der Waals surface area contributed by atoms with E-state index in [1.165, 1.54) is 4.90 Å². The average molecular weight is 515 g/mol. The summed E-state index contributed by atoms with van der Waals surface area (Å²) in [6, 6.07) is 2.47. The number of hydrogen-bond acceptors (Lipinski definition) is 9. The van der Waals surface area contributed by atoms with Crippen LogP contribution in [0.3, 0.4) is 0 Å². The van der Waals surface area contributed by atoms with E-state index in [1.54, 1.807) is 11.1 Å². The number of ketones is 1. The Hall–Kier alpha value is -5.00. The zero-order valence-electron chi connectivity index (χ0n) is 18.9. The minimum absolute atomic E-state index is 0.0354. The number of nitrogens with zero attached hydrogens (tertiary/aromatic N) is 6. The van der Waals surface area contributed by atoms with Gasteiger partial charge in [-0.1, -0.05) is 0 Å². The van der Waals surface area contributed by atoms with Crippen LogP contribution in [0.1, 0.15) is 0 Å². The van der Waals surface area contributed by atoms with Gasteiger partial charge in [-0.05, 0) is 12.1 Å². The number of carboxylic acids is 2. The largest absolute Gasteiger partial charge is 0.510 e. The summed E-state index contributed by atoms with van der Waals surface area (Å²) in [5, 5.41) is 39.1. The highest BCUT2D eigenvalue weighted by molar-refractivity contribution is 6.23. The molecule has 4 rings (SSSR count). The molecule has 0 spiro atoms. The molecule has 0 aromatic heterocycles. The number of rotatable bonds is 3. The van der Waals surface area contributed by atoms with Crippen molar-refractivity contribution in [2.24, 2.45) is 21.6 Å². The number of carboxylic acid groups (broad SMARTS) is 2. The summed E-state index contributed by atoms with van der Waals surface area (Å²) >= 11 is 0. The van der Waals surface area contributed by atoms with Gasteiger partial charge in [-0.25, -0.2) is 23.4 Å². The number of benzene rings is 1. The molecule has 0 amide bonds. The van der Waals surface area contributed by atoms with Crippen molar-refractivity contribution in [1.29, 1.82) is 5.26 Å². The molecule has 13 nitrogen and oxygen atoms in total. The van der Waals surface area contributed by atoms with Gasteiger partial charge < -0.3 is 35.8 Å². The van der Waals surface area contributed by atoms with Crippen molar-refractivity contribution >= 4 is 35.2 Å². The summed E-state index contributed by atoms with van der Waals surface area (Å²) in [7, 11) is 0. The number of dihydropyridines is 1. The summed E-state index contributed by atoms with van der Waals surface area (Å²) in [4.78, 5) is 48.7. The van der Waals surface area contributed by atoms with Crippen LogP contribution in [0.15, 0.2) is 51.3 Å². The Morgan fingerprint density at radius 1 is 1.16 bits per heavy atom. The molecular formula is C22H19F2N7O6. The maximum Gasteiger partial charge on any atom is 0.342 e. The van der Waals surface area contributed by atoms with Crippen molar-refractivity contribution in [3.8, 4) is 6.19 Å². The molecule has 192 valence electrons. The predicted octanol–water partition coefficient (Wildman–Crippen LogP) is -0.0131. The Labute approximate surface area is 207 Å². The number of halogens is 2. The third-order valence-corrected chi connectivity index (χ3v) is 6.13. The highest BCUT2D eigenvalue weighted by atomic mass is 19.1. The van der Waals surface area contributed by atoms with Crippen LogP contribution in [0.5, 0.6) is 0 Å². The van der Waals surface area contributed by atoms with Crippen molar-refractivity contribution < 1.29 is 38.5 Å². The quantitative estimate of drug-likeness (QED) is 0.183. The molecule has 2 unspecified atom stereocenters. The molecule has 37 heavy (non-hydrogen) atoms. The third-order valence-electron chi connectivity index (χ3n) is 6.13. The minimum atomic E-state index is -1.78. The molecule has 3 aliphatic rings. The monoisotopic (exact) mass is 515 g/mol. The van der Waals surface area contributed by atoms with Gasteiger partial charge in [-0.2, -0.15) is 5.26 Å². The number of nitrogens with two attached hydrogens (primary N) is 1. The van der Waals surface area contributed by atoms with Crippen molar-refractivity contribution in [2.45, 2.75) is 6.17 Å². The van der Waals surface area contributed by atoms with Crippen LogP contribution in [-0.2, 0) is 14.4 Å². The van der Waals surface area contributed by atoms with Crippen LogP contribution in [0.2, 0.25) is 0 Å². The van der Waals surface area contributed by atoms with Gasteiger partial charge in [-0.3, -0.25) is 4.79 Å². The first-order chi connectivity index (χ1) is 17.5. The van der Waals surface area contributed by atoms with Crippen molar-refractivity contribution in [3.05, 3.63) is 52.9 Å².